The molecule has 136 valence electrons. The van der Waals surface area contributed by atoms with Crippen LogP contribution in [0.15, 0.2) is 23.8 Å². The highest BCUT2D eigenvalue weighted by atomic mass is 16.3. The number of Topliss-reactive ketones (excluding diaryl/α,β-unsaturated/α-hetero) is 1. The number of aliphatic hydroxyl groups is 2. The van der Waals surface area contributed by atoms with Crippen molar-refractivity contribution in [3.05, 3.63) is 23.8 Å². The number of aliphatic hydroxyl groups excluding tert-OH is 1. The van der Waals surface area contributed by atoms with Crippen LogP contribution in [0.3, 0.4) is 0 Å². The van der Waals surface area contributed by atoms with E-state index in [0.29, 0.717) is 12.8 Å². The molecule has 0 aromatic carbocycles. The maximum atomic E-state index is 12.2. The molecule has 3 fully saturated rings. The summed E-state index contributed by atoms with van der Waals surface area (Å²) in [5.74, 6) is 0.410. The maximum Gasteiger partial charge on any atom is 0.178 e. The van der Waals surface area contributed by atoms with Gasteiger partial charge in [0, 0.05) is 16.7 Å². The third-order valence-corrected chi connectivity index (χ3v) is 8.23. The average molecular weight is 344 g/mol. The van der Waals surface area contributed by atoms with Gasteiger partial charge in [0.15, 0.2) is 11.6 Å². The number of hydrogen-bond donors (Lipinski definition) is 2. The molecule has 0 radical (unpaired) electrons. The Morgan fingerprint density at radius 1 is 1.28 bits per heavy atom. The molecule has 3 saturated carbocycles. The molecule has 0 saturated heterocycles. The van der Waals surface area contributed by atoms with E-state index < -0.39 is 17.1 Å². The van der Waals surface area contributed by atoms with E-state index in [2.05, 4.69) is 6.92 Å². The Morgan fingerprint density at radius 3 is 2.68 bits per heavy atom. The third kappa shape index (κ3) is 2.01. The summed E-state index contributed by atoms with van der Waals surface area (Å²) in [5.41, 5.74) is -1.05. The van der Waals surface area contributed by atoms with Gasteiger partial charge in [0.05, 0.1) is 6.10 Å². The van der Waals surface area contributed by atoms with E-state index in [-0.39, 0.29) is 34.7 Å². The highest BCUT2D eigenvalue weighted by Crippen LogP contribution is 2.66. The monoisotopic (exact) mass is 344 g/mol. The van der Waals surface area contributed by atoms with Gasteiger partial charge < -0.3 is 10.2 Å². The molecule has 4 nitrogen and oxygen atoms in total. The first-order valence-corrected chi connectivity index (χ1v) is 9.49. The lowest BCUT2D eigenvalue weighted by atomic mass is 9.46. The number of ketones is 2. The van der Waals surface area contributed by atoms with Crippen LogP contribution in [0, 0.1) is 28.6 Å². The van der Waals surface area contributed by atoms with Crippen LogP contribution in [0.25, 0.3) is 0 Å². The zero-order valence-electron chi connectivity index (χ0n) is 15.3. The Hall–Kier alpha value is -1.26. The van der Waals surface area contributed by atoms with Gasteiger partial charge in [0.2, 0.25) is 0 Å². The van der Waals surface area contributed by atoms with Crippen LogP contribution in [0.5, 0.6) is 0 Å². The second-order valence-electron chi connectivity index (χ2n) is 9.17. The fourth-order valence-corrected chi connectivity index (χ4v) is 6.91. The fraction of sp³-hybridized carbons (Fsp3) is 0.714. The van der Waals surface area contributed by atoms with E-state index in [1.54, 1.807) is 12.2 Å². The number of rotatable bonds is 1. The van der Waals surface area contributed by atoms with Gasteiger partial charge in [-0.05, 0) is 63.0 Å². The SMILES string of the molecule is CC(=O)[C@@]1(O)CCC2C3CCC4=CC(=O)C=C[C@]4(C)C3[C@@H](O)C[C@@]21C. The van der Waals surface area contributed by atoms with Crippen molar-refractivity contribution in [2.75, 3.05) is 0 Å². The van der Waals surface area contributed by atoms with Crippen molar-refractivity contribution in [1.82, 2.24) is 0 Å². The number of fused-ring (bicyclic) bond motifs is 5. The van der Waals surface area contributed by atoms with Gasteiger partial charge in [0.1, 0.15) is 5.60 Å². The van der Waals surface area contributed by atoms with Crippen molar-refractivity contribution >= 4 is 11.6 Å². The molecule has 0 aliphatic heterocycles. The predicted molar refractivity (Wildman–Crippen MR) is 93.6 cm³/mol. The molecule has 0 heterocycles. The number of carbonyl (C=O) groups excluding carboxylic acids is 2. The molecule has 3 unspecified atom stereocenters. The lowest BCUT2D eigenvalue weighted by Gasteiger charge is -2.59. The molecule has 2 N–H and O–H groups in total. The molecule has 0 bridgehead atoms. The van der Waals surface area contributed by atoms with Crippen LogP contribution in [-0.4, -0.2) is 33.5 Å². The van der Waals surface area contributed by atoms with Gasteiger partial charge in [-0.15, -0.1) is 0 Å². The molecule has 4 aliphatic rings. The molecule has 25 heavy (non-hydrogen) atoms. The Bertz CT molecular complexity index is 707. The number of allylic oxidation sites excluding steroid dienone is 4. The van der Waals surface area contributed by atoms with Crippen LogP contribution >= 0.6 is 0 Å². The smallest absolute Gasteiger partial charge is 0.178 e. The first kappa shape index (κ1) is 17.2. The topological polar surface area (TPSA) is 74.6 Å². The summed E-state index contributed by atoms with van der Waals surface area (Å²) in [6.07, 6.45) is 8.32. The minimum absolute atomic E-state index is 0.0351. The van der Waals surface area contributed by atoms with Gasteiger partial charge in [-0.1, -0.05) is 25.5 Å². The fourth-order valence-electron chi connectivity index (χ4n) is 6.91. The minimum Gasteiger partial charge on any atom is -0.393 e. The van der Waals surface area contributed by atoms with Crippen molar-refractivity contribution in [3.8, 4) is 0 Å². The van der Waals surface area contributed by atoms with Crippen LogP contribution in [0.2, 0.25) is 0 Å². The standard InChI is InChI=1S/C21H28O4/c1-12(22)21(25)9-7-16-15-5-4-13-10-14(23)6-8-19(13,2)18(15)17(24)11-20(16,21)3/h6,8,10,15-18,24-25H,4-5,7,9,11H2,1-3H3/t15?,16?,17-,18?,19-,20-,21-/m0/s1. The minimum atomic E-state index is -1.32. The Morgan fingerprint density at radius 2 is 2.00 bits per heavy atom. The maximum absolute atomic E-state index is 12.2. The lowest BCUT2D eigenvalue weighted by Crippen LogP contribution is -2.61. The molecule has 7 atom stereocenters. The molecule has 4 rings (SSSR count). The van der Waals surface area contributed by atoms with E-state index in [9.17, 15) is 19.8 Å². The van der Waals surface area contributed by atoms with Crippen LogP contribution in [0.4, 0.5) is 0 Å². The van der Waals surface area contributed by atoms with E-state index in [1.165, 1.54) is 6.92 Å². The third-order valence-electron chi connectivity index (χ3n) is 8.23. The molecule has 0 spiro atoms. The van der Waals surface area contributed by atoms with Gasteiger partial charge in [-0.2, -0.15) is 0 Å². The average Bonchev–Trinajstić information content (AvgIpc) is 2.80. The summed E-state index contributed by atoms with van der Waals surface area (Å²) in [6, 6.07) is 0. The first-order valence-electron chi connectivity index (χ1n) is 9.49. The van der Waals surface area contributed by atoms with Gasteiger partial charge in [-0.25, -0.2) is 0 Å². The summed E-state index contributed by atoms with van der Waals surface area (Å²) >= 11 is 0. The van der Waals surface area contributed by atoms with Gasteiger partial charge in [-0.3, -0.25) is 9.59 Å². The Kier molecular flexibility index (Phi) is 3.53. The highest BCUT2D eigenvalue weighted by molar-refractivity contribution is 6.01. The van der Waals surface area contributed by atoms with Crippen molar-refractivity contribution in [2.24, 2.45) is 28.6 Å². The summed E-state index contributed by atoms with van der Waals surface area (Å²) in [7, 11) is 0. The van der Waals surface area contributed by atoms with Crippen LogP contribution < -0.4 is 0 Å². The number of carbonyl (C=O) groups is 2. The zero-order chi connectivity index (χ0) is 18.2. The second kappa shape index (κ2) is 5.14. The van der Waals surface area contributed by atoms with E-state index in [1.807, 2.05) is 13.0 Å². The predicted octanol–water partition coefficient (Wildman–Crippen LogP) is 2.59. The van der Waals surface area contributed by atoms with E-state index in [0.717, 1.165) is 24.8 Å². The van der Waals surface area contributed by atoms with Gasteiger partial charge >= 0.3 is 0 Å². The molecular weight excluding hydrogens is 316 g/mol. The zero-order valence-corrected chi connectivity index (χ0v) is 15.3. The van der Waals surface area contributed by atoms with Crippen molar-refractivity contribution in [2.45, 2.75) is 64.6 Å². The highest BCUT2D eigenvalue weighted by Gasteiger charge is 2.67. The van der Waals surface area contributed by atoms with E-state index in [4.69, 9.17) is 0 Å². The van der Waals surface area contributed by atoms with E-state index >= 15 is 0 Å². The lowest BCUT2D eigenvalue weighted by molar-refractivity contribution is -0.175. The van der Waals surface area contributed by atoms with Crippen LogP contribution in [-0.2, 0) is 9.59 Å². The van der Waals surface area contributed by atoms with Crippen LogP contribution in [0.1, 0.15) is 52.9 Å². The summed E-state index contributed by atoms with van der Waals surface area (Å²) in [5, 5.41) is 22.3. The second-order valence-corrected chi connectivity index (χ2v) is 9.17. The Balaban J connectivity index is 1.76. The molecule has 0 amide bonds. The van der Waals surface area contributed by atoms with Crippen molar-refractivity contribution in [3.63, 3.8) is 0 Å². The summed E-state index contributed by atoms with van der Waals surface area (Å²) in [6.45, 7) is 5.61. The first-order chi connectivity index (χ1) is 11.6. The molecule has 0 aromatic rings. The quantitative estimate of drug-likeness (QED) is 0.767. The summed E-state index contributed by atoms with van der Waals surface area (Å²) < 4.78 is 0. The van der Waals surface area contributed by atoms with Crippen molar-refractivity contribution in [1.29, 1.82) is 0 Å². The van der Waals surface area contributed by atoms with Gasteiger partial charge in [0.25, 0.3) is 0 Å². The summed E-state index contributed by atoms with van der Waals surface area (Å²) in [4.78, 5) is 24.0. The molecule has 4 aliphatic carbocycles. The largest absolute Gasteiger partial charge is 0.393 e. The number of hydrogen-bond acceptors (Lipinski definition) is 4. The molecule has 0 aromatic heterocycles. The van der Waals surface area contributed by atoms with Crippen molar-refractivity contribution < 1.29 is 19.8 Å². The molecular formula is C21H28O4. The molecule has 4 heteroatoms. The Labute approximate surface area is 149 Å². The normalized spacial score (nSPS) is 51.4.